The van der Waals surface area contributed by atoms with Gasteiger partial charge in [-0.3, -0.25) is 14.3 Å². The van der Waals surface area contributed by atoms with Crippen LogP contribution < -0.4 is 16.5 Å². The highest BCUT2D eigenvalue weighted by Crippen LogP contribution is 2.23. The molecule has 0 aliphatic rings. The topological polar surface area (TPSA) is 66.2 Å². The number of rotatable bonds is 5. The van der Waals surface area contributed by atoms with E-state index >= 15 is 0 Å². The summed E-state index contributed by atoms with van der Waals surface area (Å²) < 4.78 is 6.84. The fraction of sp³-hybridized carbons (Fsp3) is 0.0606. The van der Waals surface area contributed by atoms with Crippen molar-refractivity contribution >= 4 is 5.69 Å². The van der Waals surface area contributed by atoms with E-state index in [1.807, 2.05) is 140 Å². The molecule has 0 spiro atoms. The van der Waals surface area contributed by atoms with Gasteiger partial charge in [0.1, 0.15) is 5.36 Å². The Morgan fingerprint density at radius 3 is 1.52 bits per heavy atom. The first-order valence-corrected chi connectivity index (χ1v) is 13.0. The Bertz CT molecular complexity index is 1980. The van der Waals surface area contributed by atoms with E-state index in [1.54, 1.807) is 20.1 Å². The van der Waals surface area contributed by atoms with E-state index in [2.05, 4.69) is 0 Å². The summed E-state index contributed by atoms with van der Waals surface area (Å²) in [7, 11) is 1.81. The van der Waals surface area contributed by atoms with Gasteiger partial charge in [-0.2, -0.15) is 0 Å². The van der Waals surface area contributed by atoms with Gasteiger partial charge in [0.2, 0.25) is 0 Å². The first-order valence-electron chi connectivity index (χ1n) is 13.0. The summed E-state index contributed by atoms with van der Waals surface area (Å²) in [5, 5.41) is 0.167. The van der Waals surface area contributed by atoms with Crippen LogP contribution >= 0.6 is 0 Å². The summed E-state index contributed by atoms with van der Waals surface area (Å²) in [6.07, 6.45) is 0. The van der Waals surface area contributed by atoms with Crippen molar-refractivity contribution in [3.05, 3.63) is 159 Å². The smallest absolute Gasteiger partial charge is 0.283 e. The van der Waals surface area contributed by atoms with Crippen LogP contribution in [-0.4, -0.2) is 18.7 Å². The molecule has 0 fully saturated rings. The number of para-hydroxylation sites is 3. The molecule has 4 aromatic carbocycles. The molecule has 0 saturated carbocycles. The predicted octanol–water partition coefficient (Wildman–Crippen LogP) is 5.33. The third kappa shape index (κ3) is 4.33. The van der Waals surface area contributed by atoms with Gasteiger partial charge >= 0.3 is 0 Å². The van der Waals surface area contributed by atoms with Crippen molar-refractivity contribution in [3.8, 4) is 28.3 Å². The van der Waals surface area contributed by atoms with Crippen LogP contribution in [0.3, 0.4) is 0 Å². The zero-order valence-corrected chi connectivity index (χ0v) is 22.2. The lowest BCUT2D eigenvalue weighted by molar-refractivity contribution is 0.630. The zero-order chi connectivity index (χ0) is 27.6. The van der Waals surface area contributed by atoms with E-state index in [4.69, 9.17) is 4.99 Å². The van der Waals surface area contributed by atoms with Crippen LogP contribution in [0.5, 0.6) is 0 Å². The molecule has 0 saturated heterocycles. The number of hydrogen-bond donors (Lipinski definition) is 0. The second kappa shape index (κ2) is 10.4. The van der Waals surface area contributed by atoms with Crippen molar-refractivity contribution in [2.24, 2.45) is 12.0 Å². The highest BCUT2D eigenvalue weighted by Gasteiger charge is 2.19. The molecule has 0 radical (unpaired) electrons. The van der Waals surface area contributed by atoms with Gasteiger partial charge in [0.15, 0.2) is 5.69 Å². The molecule has 7 nitrogen and oxygen atoms in total. The Hall–Kier alpha value is -5.43. The Balaban J connectivity index is 1.73. The highest BCUT2D eigenvalue weighted by atomic mass is 16.1. The molecule has 0 amide bonds. The summed E-state index contributed by atoms with van der Waals surface area (Å²) in [6.45, 7) is 1.83. The Morgan fingerprint density at radius 1 is 0.550 bits per heavy atom. The minimum absolute atomic E-state index is 0.167. The monoisotopic (exact) mass is 525 g/mol. The molecular weight excluding hydrogens is 498 g/mol. The molecule has 0 bridgehead atoms. The Morgan fingerprint density at radius 2 is 1.00 bits per heavy atom. The summed E-state index contributed by atoms with van der Waals surface area (Å²) in [4.78, 5) is 32.7. The lowest BCUT2D eigenvalue weighted by Gasteiger charge is -2.21. The maximum Gasteiger partial charge on any atom is 0.297 e. The van der Waals surface area contributed by atoms with Crippen molar-refractivity contribution in [1.29, 1.82) is 0 Å². The van der Waals surface area contributed by atoms with E-state index in [1.165, 1.54) is 0 Å². The van der Waals surface area contributed by atoms with Crippen molar-refractivity contribution in [2.45, 2.75) is 6.92 Å². The van der Waals surface area contributed by atoms with Crippen molar-refractivity contribution in [1.82, 2.24) is 18.7 Å². The van der Waals surface area contributed by atoms with Crippen LogP contribution in [0.4, 0.5) is 5.69 Å². The molecular formula is C33H27N5O2. The van der Waals surface area contributed by atoms with Crippen LogP contribution in [0.25, 0.3) is 28.3 Å². The molecule has 6 aromatic rings. The average molecular weight is 526 g/mol. The van der Waals surface area contributed by atoms with Gasteiger partial charge < -0.3 is 0 Å². The lowest BCUT2D eigenvalue weighted by atomic mass is 10.1. The molecule has 6 rings (SSSR count). The second-order valence-corrected chi connectivity index (χ2v) is 9.40. The SMILES string of the molecule is Cc1c(N=c2cc(-c3ccccc3)n(-c3ccccc3)n(-c3ccccc3)c2=O)c(=O)n(-c2ccccc2)n1C. The molecule has 40 heavy (non-hydrogen) atoms. The second-order valence-electron chi connectivity index (χ2n) is 9.40. The summed E-state index contributed by atoms with van der Waals surface area (Å²) in [5.74, 6) is 0. The van der Waals surface area contributed by atoms with E-state index in [9.17, 15) is 9.59 Å². The van der Waals surface area contributed by atoms with E-state index in [-0.39, 0.29) is 22.2 Å². The highest BCUT2D eigenvalue weighted by molar-refractivity contribution is 5.62. The molecule has 2 aromatic heterocycles. The fourth-order valence-electron chi connectivity index (χ4n) is 4.88. The molecule has 0 atom stereocenters. The predicted molar refractivity (Wildman–Crippen MR) is 158 cm³/mol. The van der Waals surface area contributed by atoms with Gasteiger partial charge in [0.25, 0.3) is 11.1 Å². The largest absolute Gasteiger partial charge is 0.297 e. The minimum Gasteiger partial charge on any atom is -0.283 e. The van der Waals surface area contributed by atoms with E-state index in [0.29, 0.717) is 11.4 Å². The van der Waals surface area contributed by atoms with Crippen LogP contribution in [0.1, 0.15) is 5.69 Å². The average Bonchev–Trinajstić information content (AvgIpc) is 3.22. The first-order chi connectivity index (χ1) is 19.5. The van der Waals surface area contributed by atoms with Gasteiger partial charge in [-0.15, -0.1) is 0 Å². The van der Waals surface area contributed by atoms with E-state index < -0.39 is 0 Å². The molecule has 0 N–H and O–H groups in total. The van der Waals surface area contributed by atoms with Gasteiger partial charge in [-0.25, -0.2) is 19.0 Å². The van der Waals surface area contributed by atoms with Crippen molar-refractivity contribution in [2.75, 3.05) is 0 Å². The maximum atomic E-state index is 14.3. The fourth-order valence-corrected chi connectivity index (χ4v) is 4.88. The van der Waals surface area contributed by atoms with Crippen LogP contribution in [0, 0.1) is 6.92 Å². The van der Waals surface area contributed by atoms with Gasteiger partial charge in [-0.05, 0) is 49.4 Å². The standard InChI is InChI=1S/C33H27N5O2/c1-24-31(33(40)37(35(24)2)27-19-11-5-12-20-27)34-29-23-30(25-15-7-3-8-16-25)36(26-17-9-4-10-18-26)38(32(29)39)28-21-13-6-14-22-28/h3-23H,1-2H3. The molecule has 7 heteroatoms. The van der Waals surface area contributed by atoms with Crippen LogP contribution in [-0.2, 0) is 7.05 Å². The first kappa shape index (κ1) is 24.9. The molecule has 0 aliphatic carbocycles. The summed E-state index contributed by atoms with van der Waals surface area (Å²) in [5.41, 5.74) is 4.11. The van der Waals surface area contributed by atoms with E-state index in [0.717, 1.165) is 22.6 Å². The number of hydrogen-bond acceptors (Lipinski definition) is 3. The number of aromatic nitrogens is 4. The molecule has 0 unspecified atom stereocenters. The summed E-state index contributed by atoms with van der Waals surface area (Å²) >= 11 is 0. The molecule has 196 valence electrons. The molecule has 0 aliphatic heterocycles. The Labute approximate surface area is 230 Å². The van der Waals surface area contributed by atoms with Gasteiger partial charge in [0, 0.05) is 12.6 Å². The summed E-state index contributed by atoms with van der Waals surface area (Å²) in [6, 6.07) is 40.2. The minimum atomic E-state index is -0.344. The van der Waals surface area contributed by atoms with Crippen LogP contribution in [0.2, 0.25) is 0 Å². The normalized spacial score (nSPS) is 11.6. The van der Waals surface area contributed by atoms with Crippen LogP contribution in [0.15, 0.2) is 142 Å². The Kier molecular flexibility index (Phi) is 6.46. The third-order valence-corrected chi connectivity index (χ3v) is 6.94. The lowest BCUT2D eigenvalue weighted by Crippen LogP contribution is -2.39. The van der Waals surface area contributed by atoms with Crippen molar-refractivity contribution < 1.29 is 0 Å². The quantitative estimate of drug-likeness (QED) is 0.306. The number of nitrogens with zero attached hydrogens (tertiary/aromatic N) is 5. The maximum absolute atomic E-state index is 14.3. The van der Waals surface area contributed by atoms with Crippen molar-refractivity contribution in [3.63, 3.8) is 0 Å². The zero-order valence-electron chi connectivity index (χ0n) is 22.2. The molecule has 2 heterocycles. The third-order valence-electron chi connectivity index (χ3n) is 6.94. The van der Waals surface area contributed by atoms with Gasteiger partial charge in [0.05, 0.1) is 28.5 Å². The van der Waals surface area contributed by atoms with Gasteiger partial charge in [-0.1, -0.05) is 84.9 Å². The number of benzene rings is 4.